The molecule has 1 aliphatic rings. The fourth-order valence-corrected chi connectivity index (χ4v) is 3.30. The van der Waals surface area contributed by atoms with Gasteiger partial charge >= 0.3 is 0 Å². The summed E-state index contributed by atoms with van der Waals surface area (Å²) in [6.07, 6.45) is 3.89. The van der Waals surface area contributed by atoms with Gasteiger partial charge < -0.3 is 10.2 Å². The minimum Gasteiger partial charge on any atom is -0.375 e. The molecule has 1 amide bonds. The first-order valence-corrected chi connectivity index (χ1v) is 9.71. The van der Waals surface area contributed by atoms with Crippen LogP contribution >= 0.6 is 11.6 Å². The van der Waals surface area contributed by atoms with Gasteiger partial charge in [-0.1, -0.05) is 55.8 Å². The van der Waals surface area contributed by atoms with Gasteiger partial charge in [-0.2, -0.15) is 0 Å². The molecule has 0 bridgehead atoms. The zero-order chi connectivity index (χ0) is 19.2. The molecule has 4 nitrogen and oxygen atoms in total. The summed E-state index contributed by atoms with van der Waals surface area (Å²) in [7, 11) is 0. The van der Waals surface area contributed by atoms with Gasteiger partial charge in [0.1, 0.15) is 5.70 Å². The minimum atomic E-state index is -0.207. The Kier molecular flexibility index (Phi) is 6.30. The second kappa shape index (κ2) is 8.87. The van der Waals surface area contributed by atoms with Crippen LogP contribution in [0.2, 0.25) is 5.02 Å². The largest absolute Gasteiger partial charge is 0.375 e. The molecule has 0 saturated heterocycles. The van der Waals surface area contributed by atoms with Gasteiger partial charge in [-0.25, -0.2) is 4.99 Å². The summed E-state index contributed by atoms with van der Waals surface area (Å²) in [6, 6.07) is 15.3. The van der Waals surface area contributed by atoms with E-state index in [1.165, 1.54) is 0 Å². The number of benzodiazepines with no additional fused rings is 1. The number of rotatable bonds is 6. The highest BCUT2D eigenvalue weighted by molar-refractivity contribution is 6.32. The van der Waals surface area contributed by atoms with Crippen molar-refractivity contribution < 1.29 is 4.79 Å². The maximum absolute atomic E-state index is 12.8. The van der Waals surface area contributed by atoms with Gasteiger partial charge in [0.05, 0.1) is 11.4 Å². The Labute approximate surface area is 165 Å². The van der Waals surface area contributed by atoms with Gasteiger partial charge in [-0.05, 0) is 31.0 Å². The molecule has 1 aliphatic heterocycles. The fraction of sp³-hybridized carbons (Fsp3) is 0.273. The first kappa shape index (κ1) is 19.2. The Hall–Kier alpha value is -2.59. The normalized spacial score (nSPS) is 15.0. The zero-order valence-corrected chi connectivity index (χ0v) is 16.5. The number of carbonyl (C=O) groups excluding carboxylic acids is 1. The number of hydrogen-bond donors (Lipinski definition) is 1. The molecule has 0 fully saturated rings. The summed E-state index contributed by atoms with van der Waals surface area (Å²) in [5, 5.41) is 3.59. The molecule has 27 heavy (non-hydrogen) atoms. The van der Waals surface area contributed by atoms with Crippen molar-refractivity contribution >= 4 is 28.9 Å². The molecule has 5 heteroatoms. The number of hydrogen-bond acceptors (Lipinski definition) is 3. The molecular weight excluding hydrogens is 358 g/mol. The Morgan fingerprint density at radius 1 is 1.07 bits per heavy atom. The molecule has 3 rings (SSSR count). The van der Waals surface area contributed by atoms with E-state index in [9.17, 15) is 4.79 Å². The highest BCUT2D eigenvalue weighted by Crippen LogP contribution is 2.28. The predicted molar refractivity (Wildman–Crippen MR) is 112 cm³/mol. The van der Waals surface area contributed by atoms with Crippen LogP contribution in [0, 0.1) is 0 Å². The summed E-state index contributed by atoms with van der Waals surface area (Å²) < 4.78 is 0. The van der Waals surface area contributed by atoms with E-state index in [0.717, 1.165) is 42.8 Å². The van der Waals surface area contributed by atoms with E-state index >= 15 is 0 Å². The van der Waals surface area contributed by atoms with E-state index in [1.807, 2.05) is 48.7 Å². The van der Waals surface area contributed by atoms with E-state index in [0.29, 0.717) is 16.4 Å². The van der Waals surface area contributed by atoms with Crippen molar-refractivity contribution in [2.24, 2.45) is 4.99 Å². The first-order chi connectivity index (χ1) is 13.1. The Bertz CT molecular complexity index is 868. The molecule has 140 valence electrons. The lowest BCUT2D eigenvalue weighted by atomic mass is 10.0. The van der Waals surface area contributed by atoms with Crippen LogP contribution in [-0.2, 0) is 4.79 Å². The average Bonchev–Trinajstić information content (AvgIpc) is 2.80. The summed E-state index contributed by atoms with van der Waals surface area (Å²) in [5.41, 5.74) is 3.63. The molecule has 0 saturated carbocycles. The molecular formula is C22H24ClN3O. The van der Waals surface area contributed by atoms with Gasteiger partial charge in [-0.15, -0.1) is 0 Å². The van der Waals surface area contributed by atoms with Crippen LogP contribution in [-0.4, -0.2) is 29.6 Å². The summed E-state index contributed by atoms with van der Waals surface area (Å²) >= 11 is 6.23. The zero-order valence-electron chi connectivity index (χ0n) is 15.7. The monoisotopic (exact) mass is 381 g/mol. The molecule has 0 unspecified atom stereocenters. The third-order valence-electron chi connectivity index (χ3n) is 4.32. The standard InChI is InChI=1S/C22H24ClN3O/c1-3-12-26(13-4-2)15-20-22(27)25-19-11-10-17(23)14-18(19)21(24-20)16-8-6-5-7-9-16/h5-11,14-15H,3-4,12-13H2,1-2H3,(H,25,27). The van der Waals surface area contributed by atoms with Crippen LogP contribution in [0.15, 0.2) is 65.4 Å². The summed E-state index contributed by atoms with van der Waals surface area (Å²) in [6.45, 7) is 6.04. The number of nitrogens with zero attached hydrogens (tertiary/aromatic N) is 2. The Morgan fingerprint density at radius 2 is 1.78 bits per heavy atom. The van der Waals surface area contributed by atoms with Crippen molar-refractivity contribution in [2.75, 3.05) is 18.4 Å². The molecule has 1 heterocycles. The highest BCUT2D eigenvalue weighted by atomic mass is 35.5. The Balaban J connectivity index is 2.14. The number of fused-ring (bicyclic) bond motifs is 1. The fourth-order valence-electron chi connectivity index (χ4n) is 3.13. The van der Waals surface area contributed by atoms with Gasteiger partial charge in [0.25, 0.3) is 5.91 Å². The molecule has 2 aromatic carbocycles. The van der Waals surface area contributed by atoms with Crippen molar-refractivity contribution in [1.29, 1.82) is 0 Å². The van der Waals surface area contributed by atoms with E-state index in [1.54, 1.807) is 6.07 Å². The molecule has 0 aliphatic carbocycles. The van der Waals surface area contributed by atoms with Crippen molar-refractivity contribution in [1.82, 2.24) is 4.90 Å². The molecule has 0 radical (unpaired) electrons. The topological polar surface area (TPSA) is 44.7 Å². The van der Waals surface area contributed by atoms with Crippen LogP contribution in [0.5, 0.6) is 0 Å². The number of anilines is 1. The Morgan fingerprint density at radius 3 is 2.44 bits per heavy atom. The second-order valence-corrected chi connectivity index (χ2v) is 6.96. The van der Waals surface area contributed by atoms with E-state index < -0.39 is 0 Å². The lowest BCUT2D eigenvalue weighted by Gasteiger charge is -2.19. The van der Waals surface area contributed by atoms with Crippen molar-refractivity contribution in [2.45, 2.75) is 26.7 Å². The number of aliphatic imine (C=N–C) groups is 1. The second-order valence-electron chi connectivity index (χ2n) is 6.52. The van der Waals surface area contributed by atoms with Gasteiger partial charge in [0.2, 0.25) is 0 Å². The van der Waals surface area contributed by atoms with Gasteiger partial charge in [-0.3, -0.25) is 4.79 Å². The maximum atomic E-state index is 12.8. The lowest BCUT2D eigenvalue weighted by Crippen LogP contribution is -2.22. The third kappa shape index (κ3) is 4.58. The lowest BCUT2D eigenvalue weighted by molar-refractivity contribution is -0.112. The van der Waals surface area contributed by atoms with Gasteiger partial charge in [0.15, 0.2) is 0 Å². The number of benzene rings is 2. The maximum Gasteiger partial charge on any atom is 0.275 e. The molecule has 0 aromatic heterocycles. The minimum absolute atomic E-state index is 0.207. The molecule has 1 N–H and O–H groups in total. The average molecular weight is 382 g/mol. The number of nitrogens with one attached hydrogen (secondary N) is 1. The van der Waals surface area contributed by atoms with Crippen molar-refractivity contribution in [3.8, 4) is 0 Å². The van der Waals surface area contributed by atoms with E-state index in [-0.39, 0.29) is 5.91 Å². The summed E-state index contributed by atoms with van der Waals surface area (Å²) in [5.74, 6) is -0.207. The SMILES string of the molecule is CCCN(C=C1N=C(c2ccccc2)c2cc(Cl)ccc2NC1=O)CCC. The quantitative estimate of drug-likeness (QED) is 0.708. The molecule has 0 atom stereocenters. The van der Waals surface area contributed by atoms with E-state index in [4.69, 9.17) is 16.6 Å². The van der Waals surface area contributed by atoms with Crippen molar-refractivity contribution in [3.05, 3.63) is 76.6 Å². The van der Waals surface area contributed by atoms with Crippen LogP contribution < -0.4 is 5.32 Å². The van der Waals surface area contributed by atoms with E-state index in [2.05, 4.69) is 24.1 Å². The number of carbonyl (C=O) groups is 1. The molecule has 2 aromatic rings. The number of amides is 1. The van der Waals surface area contributed by atoms with Crippen LogP contribution in [0.25, 0.3) is 0 Å². The number of halogens is 1. The van der Waals surface area contributed by atoms with Gasteiger partial charge in [0, 0.05) is 35.4 Å². The molecule has 0 spiro atoms. The van der Waals surface area contributed by atoms with Crippen LogP contribution in [0.3, 0.4) is 0 Å². The highest BCUT2D eigenvalue weighted by Gasteiger charge is 2.22. The van der Waals surface area contributed by atoms with Crippen LogP contribution in [0.4, 0.5) is 5.69 Å². The summed E-state index contributed by atoms with van der Waals surface area (Å²) in [4.78, 5) is 19.8. The van der Waals surface area contributed by atoms with Crippen molar-refractivity contribution in [3.63, 3.8) is 0 Å². The van der Waals surface area contributed by atoms with Crippen LogP contribution in [0.1, 0.15) is 37.8 Å². The predicted octanol–water partition coefficient (Wildman–Crippen LogP) is 5.09. The first-order valence-electron chi connectivity index (χ1n) is 9.33. The smallest absolute Gasteiger partial charge is 0.275 e. The third-order valence-corrected chi connectivity index (χ3v) is 4.56.